The van der Waals surface area contributed by atoms with Crippen LogP contribution in [0.1, 0.15) is 23.7 Å². The van der Waals surface area contributed by atoms with Gasteiger partial charge in [0.25, 0.3) is 0 Å². The number of benzene rings is 1. The van der Waals surface area contributed by atoms with Gasteiger partial charge in [-0.25, -0.2) is 0 Å². The molecule has 0 heterocycles. The van der Waals surface area contributed by atoms with Crippen molar-refractivity contribution in [2.24, 2.45) is 5.73 Å². The van der Waals surface area contributed by atoms with E-state index in [2.05, 4.69) is 0 Å². The first-order valence-corrected chi connectivity index (χ1v) is 4.67. The number of Topliss-reactive ketones (excluding diaryl/α,β-unsaturated/α-hetero) is 1. The third-order valence-corrected chi connectivity index (χ3v) is 2.18. The van der Waals surface area contributed by atoms with Crippen LogP contribution in [0.15, 0.2) is 24.3 Å². The van der Waals surface area contributed by atoms with E-state index in [1.165, 1.54) is 31.2 Å². The number of hydrogen-bond donors (Lipinski definition) is 3. The van der Waals surface area contributed by atoms with Crippen LogP contribution in [0.5, 0.6) is 5.75 Å². The minimum absolute atomic E-state index is 0.0418. The summed E-state index contributed by atoms with van der Waals surface area (Å²) in [6.45, 7) is 1.27. The fraction of sp³-hybridized carbons (Fsp3) is 0.273. The Bertz CT molecular complexity index is 426. The van der Waals surface area contributed by atoms with E-state index < -0.39 is 17.3 Å². The Balaban J connectivity index is 2.85. The molecule has 86 valence electrons. The Morgan fingerprint density at radius 2 is 2.06 bits per heavy atom. The normalized spacial score (nSPS) is 14.1. The summed E-state index contributed by atoms with van der Waals surface area (Å²) in [5, 5.41) is 17.9. The highest BCUT2D eigenvalue weighted by atomic mass is 16.4. The summed E-state index contributed by atoms with van der Waals surface area (Å²) in [5.74, 6) is -1.69. The summed E-state index contributed by atoms with van der Waals surface area (Å²) in [6, 6.07) is 5.72. The van der Waals surface area contributed by atoms with Gasteiger partial charge in [0.15, 0.2) is 5.78 Å². The van der Waals surface area contributed by atoms with E-state index in [1.807, 2.05) is 0 Å². The SMILES string of the molecule is CC(N)(CC(=O)c1cccc(O)c1)C(=O)O. The van der Waals surface area contributed by atoms with Crippen LogP contribution in [0.2, 0.25) is 0 Å². The van der Waals surface area contributed by atoms with Crippen molar-refractivity contribution < 1.29 is 19.8 Å². The molecule has 0 amide bonds. The van der Waals surface area contributed by atoms with Crippen molar-refractivity contribution >= 4 is 11.8 Å². The number of carboxylic acid groups (broad SMARTS) is 1. The molecule has 5 heteroatoms. The third-order valence-electron chi connectivity index (χ3n) is 2.18. The molecule has 16 heavy (non-hydrogen) atoms. The van der Waals surface area contributed by atoms with Crippen LogP contribution in [0.3, 0.4) is 0 Å². The lowest BCUT2D eigenvalue weighted by Crippen LogP contribution is -2.46. The largest absolute Gasteiger partial charge is 0.508 e. The van der Waals surface area contributed by atoms with E-state index in [1.54, 1.807) is 0 Å². The van der Waals surface area contributed by atoms with Gasteiger partial charge >= 0.3 is 5.97 Å². The predicted molar refractivity (Wildman–Crippen MR) is 57.3 cm³/mol. The highest BCUT2D eigenvalue weighted by molar-refractivity contribution is 6.00. The Morgan fingerprint density at radius 3 is 2.56 bits per heavy atom. The second-order valence-corrected chi connectivity index (χ2v) is 3.87. The molecule has 0 aliphatic heterocycles. The maximum absolute atomic E-state index is 11.7. The molecule has 0 spiro atoms. The molecule has 0 bridgehead atoms. The second-order valence-electron chi connectivity index (χ2n) is 3.87. The number of aliphatic carboxylic acids is 1. The lowest BCUT2D eigenvalue weighted by molar-refractivity contribution is -0.142. The van der Waals surface area contributed by atoms with Crippen LogP contribution in [-0.4, -0.2) is 27.5 Å². The van der Waals surface area contributed by atoms with E-state index in [0.29, 0.717) is 0 Å². The van der Waals surface area contributed by atoms with Crippen LogP contribution in [0.25, 0.3) is 0 Å². The summed E-state index contributed by atoms with van der Waals surface area (Å²) >= 11 is 0. The van der Waals surface area contributed by atoms with Gasteiger partial charge in [0, 0.05) is 12.0 Å². The molecular formula is C11H13NO4. The number of ketones is 1. The maximum Gasteiger partial charge on any atom is 0.323 e. The Hall–Kier alpha value is -1.88. The number of phenols is 1. The van der Waals surface area contributed by atoms with Crippen LogP contribution in [0.4, 0.5) is 0 Å². The Labute approximate surface area is 92.5 Å². The summed E-state index contributed by atoms with van der Waals surface area (Å²) in [6.07, 6.45) is -0.314. The van der Waals surface area contributed by atoms with Crippen molar-refractivity contribution in [3.05, 3.63) is 29.8 Å². The molecule has 1 unspecified atom stereocenters. The first-order valence-electron chi connectivity index (χ1n) is 4.67. The molecule has 1 aromatic rings. The van der Waals surface area contributed by atoms with Crippen molar-refractivity contribution in [3.63, 3.8) is 0 Å². The van der Waals surface area contributed by atoms with Crippen molar-refractivity contribution in [2.75, 3.05) is 0 Å². The molecule has 0 saturated carbocycles. The zero-order chi connectivity index (χ0) is 12.3. The molecule has 1 atom stereocenters. The van der Waals surface area contributed by atoms with Crippen LogP contribution in [0, 0.1) is 0 Å². The summed E-state index contributed by atoms with van der Waals surface area (Å²) in [5.41, 5.74) is 4.11. The Morgan fingerprint density at radius 1 is 1.44 bits per heavy atom. The van der Waals surface area contributed by atoms with Gasteiger partial charge in [-0.2, -0.15) is 0 Å². The lowest BCUT2D eigenvalue weighted by atomic mass is 9.93. The standard InChI is InChI=1S/C11H13NO4/c1-11(12,10(15)16)6-9(14)7-3-2-4-8(13)5-7/h2-5,13H,6,12H2,1H3,(H,15,16). The topological polar surface area (TPSA) is 101 Å². The monoisotopic (exact) mass is 223 g/mol. The van der Waals surface area contributed by atoms with Gasteiger partial charge in [-0.15, -0.1) is 0 Å². The average molecular weight is 223 g/mol. The van der Waals surface area contributed by atoms with Crippen molar-refractivity contribution in [1.29, 1.82) is 0 Å². The summed E-state index contributed by atoms with van der Waals surface area (Å²) in [7, 11) is 0. The zero-order valence-corrected chi connectivity index (χ0v) is 8.80. The van der Waals surface area contributed by atoms with Gasteiger partial charge < -0.3 is 15.9 Å². The van der Waals surface area contributed by atoms with Gasteiger partial charge in [-0.05, 0) is 19.1 Å². The van der Waals surface area contributed by atoms with E-state index in [9.17, 15) is 9.59 Å². The number of hydrogen-bond acceptors (Lipinski definition) is 4. The number of carboxylic acids is 1. The zero-order valence-electron chi connectivity index (χ0n) is 8.80. The van der Waals surface area contributed by atoms with Gasteiger partial charge in [0.1, 0.15) is 11.3 Å². The first-order chi connectivity index (χ1) is 7.33. The van der Waals surface area contributed by atoms with E-state index in [-0.39, 0.29) is 17.7 Å². The number of aromatic hydroxyl groups is 1. The average Bonchev–Trinajstić information content (AvgIpc) is 2.16. The Kier molecular flexibility index (Phi) is 3.29. The van der Waals surface area contributed by atoms with E-state index in [0.717, 1.165) is 0 Å². The smallest absolute Gasteiger partial charge is 0.323 e. The second kappa shape index (κ2) is 4.32. The van der Waals surface area contributed by atoms with E-state index in [4.69, 9.17) is 15.9 Å². The highest BCUT2D eigenvalue weighted by Crippen LogP contribution is 2.16. The van der Waals surface area contributed by atoms with E-state index >= 15 is 0 Å². The molecule has 5 nitrogen and oxygen atoms in total. The maximum atomic E-state index is 11.7. The molecule has 1 rings (SSSR count). The van der Waals surface area contributed by atoms with Gasteiger partial charge in [0.05, 0.1) is 0 Å². The number of carbonyl (C=O) groups is 2. The first kappa shape index (κ1) is 12.2. The summed E-state index contributed by atoms with van der Waals surface area (Å²) < 4.78 is 0. The van der Waals surface area contributed by atoms with Gasteiger partial charge in [-0.3, -0.25) is 9.59 Å². The molecule has 1 aromatic carbocycles. The molecular weight excluding hydrogens is 210 g/mol. The molecule has 0 aliphatic rings. The van der Waals surface area contributed by atoms with Crippen molar-refractivity contribution in [2.45, 2.75) is 18.9 Å². The van der Waals surface area contributed by atoms with Crippen LogP contribution >= 0.6 is 0 Å². The van der Waals surface area contributed by atoms with Crippen LogP contribution < -0.4 is 5.73 Å². The minimum atomic E-state index is -1.59. The molecule has 0 aromatic heterocycles. The fourth-order valence-electron chi connectivity index (χ4n) is 1.19. The number of nitrogens with two attached hydrogens (primary N) is 1. The lowest BCUT2D eigenvalue weighted by Gasteiger charge is -2.17. The summed E-state index contributed by atoms with van der Waals surface area (Å²) in [4.78, 5) is 22.4. The molecule has 0 radical (unpaired) electrons. The molecule has 0 saturated heterocycles. The predicted octanol–water partition coefficient (Wildman–Crippen LogP) is 0.767. The number of carbonyl (C=O) groups excluding carboxylic acids is 1. The van der Waals surface area contributed by atoms with Crippen molar-refractivity contribution in [3.8, 4) is 5.75 Å². The number of phenolic OH excluding ortho intramolecular Hbond substituents is 1. The highest BCUT2D eigenvalue weighted by Gasteiger charge is 2.31. The molecule has 4 N–H and O–H groups in total. The van der Waals surface area contributed by atoms with Gasteiger partial charge in [0.2, 0.25) is 0 Å². The van der Waals surface area contributed by atoms with Gasteiger partial charge in [-0.1, -0.05) is 12.1 Å². The molecule has 0 fully saturated rings. The van der Waals surface area contributed by atoms with Crippen molar-refractivity contribution in [1.82, 2.24) is 0 Å². The number of rotatable bonds is 4. The molecule has 0 aliphatic carbocycles. The third kappa shape index (κ3) is 2.80. The fourth-order valence-corrected chi connectivity index (χ4v) is 1.19. The quantitative estimate of drug-likeness (QED) is 0.654. The van der Waals surface area contributed by atoms with Crippen LogP contribution in [-0.2, 0) is 4.79 Å². The minimum Gasteiger partial charge on any atom is -0.508 e.